The lowest BCUT2D eigenvalue weighted by Crippen LogP contribution is -2.35. The Labute approximate surface area is 152 Å². The van der Waals surface area contributed by atoms with Gasteiger partial charge in [-0.2, -0.15) is 0 Å². The molecule has 3 aromatic rings. The Bertz CT molecular complexity index is 1050. The second-order valence-electron chi connectivity index (χ2n) is 7.19. The number of carbonyl (C=O) groups is 1. The van der Waals surface area contributed by atoms with E-state index in [1.807, 2.05) is 61.2 Å². The van der Waals surface area contributed by atoms with Gasteiger partial charge >= 0.3 is 0 Å². The molecular weight excluding hydrogens is 324 g/mol. The number of nitrogens with one attached hydrogen (secondary N) is 1. The minimum atomic E-state index is -0.121. The maximum atomic E-state index is 13.1. The van der Waals surface area contributed by atoms with E-state index >= 15 is 0 Å². The molecule has 0 aliphatic heterocycles. The number of fused-ring (bicyclic) bond motifs is 1. The molecule has 4 rings (SSSR count). The second kappa shape index (κ2) is 6.45. The van der Waals surface area contributed by atoms with Crippen LogP contribution >= 0.6 is 0 Å². The zero-order chi connectivity index (χ0) is 18.3. The molecule has 1 aliphatic carbocycles. The fraction of sp³-hybridized carbons (Fsp3) is 0.273. The summed E-state index contributed by atoms with van der Waals surface area (Å²) in [6.07, 6.45) is 2.00. The highest BCUT2D eigenvalue weighted by molar-refractivity contribution is 5.96. The lowest BCUT2D eigenvalue weighted by molar-refractivity contribution is 0.0728. The van der Waals surface area contributed by atoms with E-state index in [1.165, 1.54) is 0 Å². The predicted molar refractivity (Wildman–Crippen MR) is 103 cm³/mol. The standard InChI is InChI=1S/C22H22N2O2/c1-14-7-10-20-16(11-14)12-17(21(25)23-20)13-24(18-8-9-18)22(26)19-6-4-3-5-15(19)2/h3-7,10-12,18H,8-9,13H2,1-2H3,(H,23,25). The summed E-state index contributed by atoms with van der Waals surface area (Å²) in [5.74, 6) is 0.00865. The smallest absolute Gasteiger partial charge is 0.254 e. The number of aromatic nitrogens is 1. The summed E-state index contributed by atoms with van der Waals surface area (Å²) in [6, 6.07) is 15.7. The third-order valence-electron chi connectivity index (χ3n) is 5.04. The van der Waals surface area contributed by atoms with Crippen molar-refractivity contribution >= 4 is 16.8 Å². The van der Waals surface area contributed by atoms with Crippen LogP contribution in [-0.4, -0.2) is 21.8 Å². The summed E-state index contributed by atoms with van der Waals surface area (Å²) < 4.78 is 0. The molecule has 1 saturated carbocycles. The number of benzene rings is 2. The molecule has 4 nitrogen and oxygen atoms in total. The molecule has 0 spiro atoms. The fourth-order valence-corrected chi connectivity index (χ4v) is 3.39. The molecule has 1 heterocycles. The first kappa shape index (κ1) is 16.6. The van der Waals surface area contributed by atoms with Gasteiger partial charge in [0.05, 0.1) is 6.54 Å². The van der Waals surface area contributed by atoms with Gasteiger partial charge in [-0.15, -0.1) is 0 Å². The van der Waals surface area contributed by atoms with Gasteiger partial charge in [0.15, 0.2) is 0 Å². The van der Waals surface area contributed by atoms with Crippen molar-refractivity contribution in [2.45, 2.75) is 39.3 Å². The van der Waals surface area contributed by atoms with Crippen LogP contribution in [0, 0.1) is 13.8 Å². The molecule has 1 aromatic heterocycles. The molecule has 26 heavy (non-hydrogen) atoms. The summed E-state index contributed by atoms with van der Waals surface area (Å²) in [5.41, 5.74) is 4.17. The van der Waals surface area contributed by atoms with E-state index in [0.29, 0.717) is 17.7 Å². The maximum absolute atomic E-state index is 13.1. The summed E-state index contributed by atoms with van der Waals surface area (Å²) in [5, 5.41) is 0.999. The highest BCUT2D eigenvalue weighted by Crippen LogP contribution is 2.30. The number of amides is 1. The van der Waals surface area contributed by atoms with Crippen LogP contribution in [0.15, 0.2) is 53.3 Å². The number of aryl methyl sites for hydroxylation is 2. The van der Waals surface area contributed by atoms with Crippen LogP contribution in [0.3, 0.4) is 0 Å². The van der Waals surface area contributed by atoms with Gasteiger partial charge in [0.2, 0.25) is 0 Å². The normalized spacial score (nSPS) is 13.8. The summed E-state index contributed by atoms with van der Waals surface area (Å²) in [4.78, 5) is 30.4. The molecule has 0 radical (unpaired) electrons. The monoisotopic (exact) mass is 346 g/mol. The number of hydrogen-bond donors (Lipinski definition) is 1. The number of carbonyl (C=O) groups excluding carboxylic acids is 1. The van der Waals surface area contributed by atoms with E-state index in [4.69, 9.17) is 0 Å². The van der Waals surface area contributed by atoms with Crippen LogP contribution in [0.1, 0.15) is 39.9 Å². The van der Waals surface area contributed by atoms with Gasteiger partial charge < -0.3 is 9.88 Å². The third-order valence-corrected chi connectivity index (χ3v) is 5.04. The van der Waals surface area contributed by atoms with Gasteiger partial charge in [0.25, 0.3) is 11.5 Å². The van der Waals surface area contributed by atoms with Crippen molar-refractivity contribution in [3.63, 3.8) is 0 Å². The Hall–Kier alpha value is -2.88. The van der Waals surface area contributed by atoms with Crippen molar-refractivity contribution in [1.29, 1.82) is 0 Å². The molecule has 2 aromatic carbocycles. The molecule has 132 valence electrons. The number of nitrogens with zero attached hydrogens (tertiary/aromatic N) is 1. The molecule has 0 saturated heterocycles. The Morgan fingerprint density at radius 1 is 1.12 bits per heavy atom. The first-order valence-corrected chi connectivity index (χ1v) is 9.02. The van der Waals surface area contributed by atoms with Crippen LogP contribution in [0.2, 0.25) is 0 Å². The van der Waals surface area contributed by atoms with E-state index in [-0.39, 0.29) is 17.5 Å². The molecule has 0 unspecified atom stereocenters. The van der Waals surface area contributed by atoms with E-state index in [0.717, 1.165) is 34.9 Å². The van der Waals surface area contributed by atoms with Crippen LogP contribution in [0.4, 0.5) is 0 Å². The average molecular weight is 346 g/mol. The van der Waals surface area contributed by atoms with Crippen molar-refractivity contribution in [2.24, 2.45) is 0 Å². The molecular formula is C22H22N2O2. The van der Waals surface area contributed by atoms with E-state index in [9.17, 15) is 9.59 Å². The van der Waals surface area contributed by atoms with Gasteiger partial charge in [-0.05, 0) is 61.9 Å². The van der Waals surface area contributed by atoms with E-state index in [1.54, 1.807) is 0 Å². The van der Waals surface area contributed by atoms with Crippen molar-refractivity contribution in [1.82, 2.24) is 9.88 Å². The third kappa shape index (κ3) is 3.15. The lowest BCUT2D eigenvalue weighted by atomic mass is 10.1. The number of pyridine rings is 1. The van der Waals surface area contributed by atoms with Crippen LogP contribution in [0.5, 0.6) is 0 Å². The predicted octanol–water partition coefficient (Wildman–Crippen LogP) is 3.95. The molecule has 4 heteroatoms. The Kier molecular flexibility index (Phi) is 4.11. The minimum absolute atomic E-state index is 0.00865. The Morgan fingerprint density at radius 3 is 2.62 bits per heavy atom. The summed E-state index contributed by atoms with van der Waals surface area (Å²) in [6.45, 7) is 4.32. The molecule has 1 aliphatic rings. The Balaban J connectivity index is 1.70. The topological polar surface area (TPSA) is 53.2 Å². The molecule has 0 atom stereocenters. The number of aromatic amines is 1. The maximum Gasteiger partial charge on any atom is 0.254 e. The summed E-state index contributed by atoms with van der Waals surface area (Å²) >= 11 is 0. The second-order valence-corrected chi connectivity index (χ2v) is 7.19. The zero-order valence-electron chi connectivity index (χ0n) is 15.1. The van der Waals surface area contributed by atoms with Gasteiger partial charge in [0.1, 0.15) is 0 Å². The van der Waals surface area contributed by atoms with E-state index in [2.05, 4.69) is 11.1 Å². The van der Waals surface area contributed by atoms with Crippen LogP contribution < -0.4 is 5.56 Å². The molecule has 1 amide bonds. The van der Waals surface area contributed by atoms with Gasteiger partial charge in [-0.3, -0.25) is 9.59 Å². The van der Waals surface area contributed by atoms with Crippen molar-refractivity contribution in [3.8, 4) is 0 Å². The lowest BCUT2D eigenvalue weighted by Gasteiger charge is -2.23. The van der Waals surface area contributed by atoms with Crippen molar-refractivity contribution in [3.05, 3.63) is 81.1 Å². The highest BCUT2D eigenvalue weighted by atomic mass is 16.2. The molecule has 1 fully saturated rings. The van der Waals surface area contributed by atoms with Gasteiger partial charge in [0, 0.05) is 22.7 Å². The first-order chi connectivity index (χ1) is 12.5. The van der Waals surface area contributed by atoms with Crippen molar-refractivity contribution < 1.29 is 4.79 Å². The van der Waals surface area contributed by atoms with Crippen LogP contribution in [-0.2, 0) is 6.54 Å². The summed E-state index contributed by atoms with van der Waals surface area (Å²) in [7, 11) is 0. The number of H-pyrrole nitrogens is 1. The molecule has 0 bridgehead atoms. The minimum Gasteiger partial charge on any atom is -0.331 e. The number of rotatable bonds is 4. The fourth-order valence-electron chi connectivity index (χ4n) is 3.39. The average Bonchev–Trinajstić information content (AvgIpc) is 3.45. The molecule has 1 N–H and O–H groups in total. The SMILES string of the molecule is Cc1ccc2[nH]c(=O)c(CN(C(=O)c3ccccc3C)C3CC3)cc2c1. The van der Waals surface area contributed by atoms with Gasteiger partial charge in [-0.25, -0.2) is 0 Å². The zero-order valence-corrected chi connectivity index (χ0v) is 15.1. The van der Waals surface area contributed by atoms with Gasteiger partial charge in [-0.1, -0.05) is 29.8 Å². The van der Waals surface area contributed by atoms with E-state index < -0.39 is 0 Å². The Morgan fingerprint density at radius 2 is 1.88 bits per heavy atom. The van der Waals surface area contributed by atoms with Crippen molar-refractivity contribution in [2.75, 3.05) is 0 Å². The van der Waals surface area contributed by atoms with Crippen LogP contribution in [0.25, 0.3) is 10.9 Å². The highest BCUT2D eigenvalue weighted by Gasteiger charge is 2.34. The quantitative estimate of drug-likeness (QED) is 0.778. The number of hydrogen-bond acceptors (Lipinski definition) is 2. The largest absolute Gasteiger partial charge is 0.331 e. The first-order valence-electron chi connectivity index (χ1n) is 9.02.